The number of hydrogen-bond acceptors (Lipinski definition) is 4. The summed E-state index contributed by atoms with van der Waals surface area (Å²) >= 11 is 4.87. The van der Waals surface area contributed by atoms with Crippen molar-refractivity contribution >= 4 is 33.2 Å². The minimum absolute atomic E-state index is 0.296. The second-order valence-corrected chi connectivity index (χ2v) is 6.09. The Morgan fingerprint density at radius 2 is 2.38 bits per heavy atom. The van der Waals surface area contributed by atoms with Crippen LogP contribution in [0.1, 0.15) is 18.7 Å². The van der Waals surface area contributed by atoms with Crippen LogP contribution in [0.3, 0.4) is 0 Å². The Labute approximate surface area is 107 Å². The Bertz CT molecular complexity index is 424. The maximum Gasteiger partial charge on any atom is 0.326 e. The molecule has 0 saturated heterocycles. The topological polar surface area (TPSA) is 50.1 Å². The zero-order valence-corrected chi connectivity index (χ0v) is 11.5. The van der Waals surface area contributed by atoms with E-state index in [1.54, 1.807) is 13.8 Å². The molecule has 0 aromatic carbocycles. The molecule has 1 atom stereocenters. The Morgan fingerprint density at radius 3 is 2.81 bits per heavy atom. The highest BCUT2D eigenvalue weighted by atomic mass is 79.9. The minimum atomic E-state index is -1.10. The summed E-state index contributed by atoms with van der Waals surface area (Å²) in [6, 6.07) is 5.85. The number of halogens is 1. The van der Waals surface area contributed by atoms with Crippen molar-refractivity contribution in [1.29, 1.82) is 5.26 Å². The van der Waals surface area contributed by atoms with Gasteiger partial charge in [-0.1, -0.05) is 0 Å². The van der Waals surface area contributed by atoms with Crippen LogP contribution in [0.4, 0.5) is 0 Å². The van der Waals surface area contributed by atoms with Crippen LogP contribution in [-0.4, -0.2) is 12.6 Å². The fraction of sp³-hybridized carbons (Fsp3) is 0.455. The van der Waals surface area contributed by atoms with Crippen LogP contribution < -0.4 is 0 Å². The normalized spacial score (nSPS) is 13.9. The Hall–Kier alpha value is -0.860. The Morgan fingerprint density at radius 1 is 1.69 bits per heavy atom. The molecule has 3 nitrogen and oxygen atoms in total. The van der Waals surface area contributed by atoms with E-state index in [9.17, 15) is 4.79 Å². The van der Waals surface area contributed by atoms with Crippen LogP contribution in [0.5, 0.6) is 0 Å². The lowest BCUT2D eigenvalue weighted by Crippen LogP contribution is -2.30. The van der Waals surface area contributed by atoms with Crippen molar-refractivity contribution in [3.8, 4) is 6.07 Å². The SMILES string of the molecule is CCOC(=O)C(C)(C#N)Cc1ccc(Br)s1. The molecule has 0 aliphatic heterocycles. The van der Waals surface area contributed by atoms with E-state index in [1.807, 2.05) is 18.2 Å². The molecule has 86 valence electrons. The molecule has 1 aromatic heterocycles. The van der Waals surface area contributed by atoms with Crippen molar-refractivity contribution in [3.63, 3.8) is 0 Å². The third-order valence-electron chi connectivity index (χ3n) is 2.13. The predicted molar refractivity (Wildman–Crippen MR) is 66.1 cm³/mol. The molecule has 1 heterocycles. The van der Waals surface area contributed by atoms with Crippen molar-refractivity contribution in [2.24, 2.45) is 5.41 Å². The van der Waals surface area contributed by atoms with E-state index in [-0.39, 0.29) is 0 Å². The second-order valence-electron chi connectivity index (χ2n) is 3.55. The van der Waals surface area contributed by atoms with Crippen molar-refractivity contribution < 1.29 is 9.53 Å². The van der Waals surface area contributed by atoms with E-state index in [2.05, 4.69) is 15.9 Å². The van der Waals surface area contributed by atoms with Gasteiger partial charge in [0.05, 0.1) is 16.5 Å². The van der Waals surface area contributed by atoms with E-state index in [0.29, 0.717) is 13.0 Å². The van der Waals surface area contributed by atoms with Gasteiger partial charge in [-0.3, -0.25) is 4.79 Å². The van der Waals surface area contributed by atoms with Crippen molar-refractivity contribution in [2.45, 2.75) is 20.3 Å². The summed E-state index contributed by atoms with van der Waals surface area (Å²) in [6.07, 6.45) is 0.387. The van der Waals surface area contributed by atoms with Gasteiger partial charge in [0.2, 0.25) is 0 Å². The highest BCUT2D eigenvalue weighted by Crippen LogP contribution is 2.30. The average molecular weight is 302 g/mol. The van der Waals surface area contributed by atoms with Crippen LogP contribution in [0.2, 0.25) is 0 Å². The number of thiophene rings is 1. The van der Waals surface area contributed by atoms with E-state index < -0.39 is 11.4 Å². The first-order chi connectivity index (χ1) is 7.51. The first-order valence-corrected chi connectivity index (χ1v) is 6.45. The van der Waals surface area contributed by atoms with E-state index in [1.165, 1.54) is 11.3 Å². The summed E-state index contributed by atoms with van der Waals surface area (Å²) < 4.78 is 5.90. The number of hydrogen-bond donors (Lipinski definition) is 0. The third kappa shape index (κ3) is 3.06. The van der Waals surface area contributed by atoms with Gasteiger partial charge >= 0.3 is 5.97 Å². The molecule has 0 spiro atoms. The molecule has 1 aromatic rings. The summed E-state index contributed by atoms with van der Waals surface area (Å²) in [6.45, 7) is 3.64. The Balaban J connectivity index is 2.82. The smallest absolute Gasteiger partial charge is 0.326 e. The van der Waals surface area contributed by atoms with Crippen LogP contribution in [0.15, 0.2) is 15.9 Å². The van der Waals surface area contributed by atoms with E-state index in [0.717, 1.165) is 8.66 Å². The lowest BCUT2D eigenvalue weighted by Gasteiger charge is -2.18. The first-order valence-electron chi connectivity index (χ1n) is 4.84. The van der Waals surface area contributed by atoms with Gasteiger partial charge in [-0.25, -0.2) is 0 Å². The van der Waals surface area contributed by atoms with E-state index >= 15 is 0 Å². The number of nitrogens with zero attached hydrogens (tertiary/aromatic N) is 1. The minimum Gasteiger partial charge on any atom is -0.465 e. The quantitative estimate of drug-likeness (QED) is 0.803. The average Bonchev–Trinajstić information content (AvgIpc) is 2.64. The predicted octanol–water partition coefficient (Wildman–Crippen LogP) is 3.15. The molecule has 0 radical (unpaired) electrons. The largest absolute Gasteiger partial charge is 0.465 e. The second kappa shape index (κ2) is 5.46. The molecular formula is C11H12BrNO2S. The van der Waals surface area contributed by atoms with Crippen LogP contribution in [0, 0.1) is 16.7 Å². The summed E-state index contributed by atoms with van der Waals surface area (Å²) in [5, 5.41) is 9.09. The van der Waals surface area contributed by atoms with Crippen LogP contribution in [-0.2, 0) is 16.0 Å². The zero-order valence-electron chi connectivity index (χ0n) is 9.12. The number of nitriles is 1. The van der Waals surface area contributed by atoms with Gasteiger partial charge < -0.3 is 4.74 Å². The molecule has 0 fully saturated rings. The highest BCUT2D eigenvalue weighted by molar-refractivity contribution is 9.11. The van der Waals surface area contributed by atoms with E-state index in [4.69, 9.17) is 10.00 Å². The number of carbonyl (C=O) groups is 1. The highest BCUT2D eigenvalue weighted by Gasteiger charge is 2.35. The molecule has 0 saturated carbocycles. The fourth-order valence-electron chi connectivity index (χ4n) is 1.24. The summed E-state index contributed by atoms with van der Waals surface area (Å²) in [5.41, 5.74) is -1.10. The Kier molecular flexibility index (Phi) is 4.51. The van der Waals surface area contributed by atoms with Gasteiger partial charge in [0.1, 0.15) is 0 Å². The lowest BCUT2D eigenvalue weighted by atomic mass is 9.88. The third-order valence-corrected chi connectivity index (χ3v) is 3.75. The number of esters is 1. The monoisotopic (exact) mass is 301 g/mol. The molecule has 1 rings (SSSR count). The van der Waals surface area contributed by atoms with Gasteiger partial charge in [-0.2, -0.15) is 5.26 Å². The van der Waals surface area contributed by atoms with Gasteiger partial charge in [0, 0.05) is 11.3 Å². The summed E-state index contributed by atoms with van der Waals surface area (Å²) in [4.78, 5) is 12.6. The number of ether oxygens (including phenoxy) is 1. The van der Waals surface area contributed by atoms with Gasteiger partial charge in [0.25, 0.3) is 0 Å². The molecule has 0 bridgehead atoms. The molecule has 0 aliphatic carbocycles. The summed E-state index contributed by atoms with van der Waals surface area (Å²) in [7, 11) is 0. The zero-order chi connectivity index (χ0) is 12.2. The van der Waals surface area contributed by atoms with Gasteiger partial charge in [-0.05, 0) is 41.9 Å². The molecular weight excluding hydrogens is 290 g/mol. The molecule has 0 N–H and O–H groups in total. The fourth-order valence-corrected chi connectivity index (χ4v) is 2.88. The van der Waals surface area contributed by atoms with Crippen LogP contribution >= 0.6 is 27.3 Å². The lowest BCUT2D eigenvalue weighted by molar-refractivity contribution is -0.151. The first kappa shape index (κ1) is 13.2. The van der Waals surface area contributed by atoms with Crippen LogP contribution in [0.25, 0.3) is 0 Å². The molecule has 0 aliphatic rings. The van der Waals surface area contributed by atoms with Crippen molar-refractivity contribution in [3.05, 3.63) is 20.8 Å². The number of rotatable bonds is 4. The van der Waals surface area contributed by atoms with Crippen molar-refractivity contribution in [2.75, 3.05) is 6.61 Å². The number of carbonyl (C=O) groups excluding carboxylic acids is 1. The standard InChI is InChI=1S/C11H12BrNO2S/c1-3-15-10(14)11(2,7-13)6-8-4-5-9(12)16-8/h4-5H,3,6H2,1-2H3. The molecule has 0 amide bonds. The molecule has 1 unspecified atom stereocenters. The van der Waals surface area contributed by atoms with Crippen molar-refractivity contribution in [1.82, 2.24) is 0 Å². The summed E-state index contributed by atoms with van der Waals surface area (Å²) in [5.74, 6) is -0.456. The molecule has 16 heavy (non-hydrogen) atoms. The van der Waals surface area contributed by atoms with Gasteiger partial charge in [-0.15, -0.1) is 11.3 Å². The van der Waals surface area contributed by atoms with Gasteiger partial charge in [0.15, 0.2) is 5.41 Å². The maximum absolute atomic E-state index is 11.7. The maximum atomic E-state index is 11.7. The molecule has 5 heteroatoms.